The van der Waals surface area contributed by atoms with E-state index in [1.54, 1.807) is 0 Å². The van der Waals surface area contributed by atoms with Gasteiger partial charge < -0.3 is 20.1 Å². The van der Waals surface area contributed by atoms with Gasteiger partial charge >= 0.3 is 5.97 Å². The van der Waals surface area contributed by atoms with Crippen molar-refractivity contribution in [3.8, 4) is 5.75 Å². The number of ether oxygens (including phenoxy) is 1. The van der Waals surface area contributed by atoms with Crippen LogP contribution in [0.1, 0.15) is 52.9 Å². The lowest BCUT2D eigenvalue weighted by atomic mass is 9.87. The number of hydrogen-bond acceptors (Lipinski definition) is 3. The van der Waals surface area contributed by atoms with E-state index in [-0.39, 0.29) is 12.0 Å². The molecule has 0 bridgehead atoms. The molecule has 1 aromatic heterocycles. The molecule has 4 rings (SSSR count). The molecule has 0 aliphatic heterocycles. The smallest absolute Gasteiger partial charge is 0.306 e. The molecule has 1 aliphatic rings. The van der Waals surface area contributed by atoms with E-state index in [0.29, 0.717) is 24.8 Å². The fourth-order valence-corrected chi connectivity index (χ4v) is 4.66. The number of fused-ring (bicyclic) bond motifs is 1. The van der Waals surface area contributed by atoms with Crippen molar-refractivity contribution < 1.29 is 19.4 Å². The van der Waals surface area contributed by atoms with Gasteiger partial charge in [-0.05, 0) is 50.3 Å². The Morgan fingerprint density at radius 1 is 1.13 bits per heavy atom. The van der Waals surface area contributed by atoms with Crippen molar-refractivity contribution in [1.29, 1.82) is 0 Å². The van der Waals surface area contributed by atoms with Crippen molar-refractivity contribution in [1.82, 2.24) is 4.57 Å². The van der Waals surface area contributed by atoms with E-state index in [2.05, 4.69) is 12.1 Å². The van der Waals surface area contributed by atoms with Gasteiger partial charge in [-0.1, -0.05) is 29.8 Å². The third-order valence-electron chi connectivity index (χ3n) is 6.32. The Kier molecular flexibility index (Phi) is 5.72. The summed E-state index contributed by atoms with van der Waals surface area (Å²) in [6, 6.07) is 13.9. The van der Waals surface area contributed by atoms with Crippen LogP contribution in [0.15, 0.2) is 42.5 Å². The number of hydrogen-bond donors (Lipinski definition) is 2. The van der Waals surface area contributed by atoms with Crippen molar-refractivity contribution >= 4 is 22.8 Å². The van der Waals surface area contributed by atoms with E-state index in [9.17, 15) is 14.7 Å². The molecule has 0 unspecified atom stereocenters. The van der Waals surface area contributed by atoms with Gasteiger partial charge in [-0.3, -0.25) is 9.59 Å². The predicted octanol–water partition coefficient (Wildman–Crippen LogP) is 4.20. The Bertz CT molecular complexity index is 1140. The van der Waals surface area contributed by atoms with Crippen LogP contribution in [0, 0.1) is 12.8 Å². The van der Waals surface area contributed by atoms with Gasteiger partial charge in [0.05, 0.1) is 23.1 Å². The number of rotatable bonds is 6. The molecule has 6 nitrogen and oxygen atoms in total. The molecule has 1 heterocycles. The summed E-state index contributed by atoms with van der Waals surface area (Å²) < 4.78 is 8.19. The topological polar surface area (TPSA) is 94.6 Å². The minimum atomic E-state index is -0.719. The largest absolute Gasteiger partial charge is 0.490 e. The van der Waals surface area contributed by atoms with Crippen LogP contribution < -0.4 is 10.5 Å². The Labute approximate surface area is 181 Å². The maximum Gasteiger partial charge on any atom is 0.306 e. The second-order valence-electron chi connectivity index (χ2n) is 8.52. The molecule has 0 radical (unpaired) electrons. The Hall–Kier alpha value is -3.28. The second-order valence-corrected chi connectivity index (χ2v) is 8.52. The van der Waals surface area contributed by atoms with Crippen LogP contribution in [0.25, 0.3) is 10.9 Å². The molecular weight excluding hydrogens is 392 g/mol. The Morgan fingerprint density at radius 2 is 1.87 bits per heavy atom. The Morgan fingerprint density at radius 3 is 2.52 bits per heavy atom. The summed E-state index contributed by atoms with van der Waals surface area (Å²) in [5.74, 6) is -0.694. The third kappa shape index (κ3) is 4.29. The summed E-state index contributed by atoms with van der Waals surface area (Å²) in [4.78, 5) is 23.5. The lowest BCUT2D eigenvalue weighted by Crippen LogP contribution is -2.27. The lowest BCUT2D eigenvalue weighted by molar-refractivity contribution is -0.143. The van der Waals surface area contributed by atoms with Crippen LogP contribution in [0.5, 0.6) is 5.75 Å². The Balaban J connectivity index is 1.63. The molecule has 0 atom stereocenters. The van der Waals surface area contributed by atoms with Gasteiger partial charge in [0.2, 0.25) is 0 Å². The first-order valence-corrected chi connectivity index (χ1v) is 10.7. The van der Waals surface area contributed by atoms with Gasteiger partial charge in [-0.25, -0.2) is 0 Å². The maximum atomic E-state index is 12.3. The van der Waals surface area contributed by atoms with Crippen LogP contribution in [-0.2, 0) is 18.3 Å². The van der Waals surface area contributed by atoms with E-state index in [1.165, 1.54) is 5.56 Å². The second kappa shape index (κ2) is 8.46. The number of aliphatic carboxylic acids is 1. The van der Waals surface area contributed by atoms with Crippen molar-refractivity contribution in [3.63, 3.8) is 0 Å². The maximum absolute atomic E-state index is 12.3. The van der Waals surface area contributed by atoms with Gasteiger partial charge in [0, 0.05) is 30.6 Å². The zero-order valence-electron chi connectivity index (χ0n) is 17.9. The summed E-state index contributed by atoms with van der Waals surface area (Å²) in [6.07, 6.45) is 3.36. The lowest BCUT2D eigenvalue weighted by Gasteiger charge is -2.26. The molecule has 1 saturated carbocycles. The van der Waals surface area contributed by atoms with E-state index in [1.807, 2.05) is 48.9 Å². The molecule has 162 valence electrons. The van der Waals surface area contributed by atoms with Crippen LogP contribution in [0.3, 0.4) is 0 Å². The molecule has 2 aromatic carbocycles. The van der Waals surface area contributed by atoms with Gasteiger partial charge in [0.25, 0.3) is 5.91 Å². The first-order chi connectivity index (χ1) is 14.8. The number of carbonyl (C=O) groups excluding carboxylic acids is 1. The monoisotopic (exact) mass is 420 g/mol. The highest BCUT2D eigenvalue weighted by molar-refractivity contribution is 6.08. The van der Waals surface area contributed by atoms with E-state index in [4.69, 9.17) is 10.5 Å². The number of benzene rings is 2. The van der Waals surface area contributed by atoms with Crippen molar-refractivity contribution in [2.45, 2.75) is 45.1 Å². The average molecular weight is 421 g/mol. The zero-order chi connectivity index (χ0) is 22.1. The zero-order valence-corrected chi connectivity index (χ0v) is 17.9. The van der Waals surface area contributed by atoms with Gasteiger partial charge in [0.15, 0.2) is 0 Å². The fourth-order valence-electron chi connectivity index (χ4n) is 4.66. The molecule has 0 saturated heterocycles. The van der Waals surface area contributed by atoms with Crippen molar-refractivity contribution in [2.75, 3.05) is 0 Å². The standard InChI is InChI=1S/C25H28N2O4/c1-15-4-3-5-16(12-15)13-22-23(24(26)28)20-11-10-19(14-21(20)27(22)2)31-18-8-6-17(7-9-18)25(29)30/h3-5,10-12,14,17-18H,6-9,13H2,1-2H3,(H2,26,28)(H,29,30). The SMILES string of the molecule is Cc1cccc(Cc2c(C(N)=O)c3ccc(OC4CCC(C(=O)O)CC4)cc3n2C)c1. The van der Waals surface area contributed by atoms with E-state index in [0.717, 1.165) is 40.8 Å². The molecule has 3 aromatic rings. The summed E-state index contributed by atoms with van der Waals surface area (Å²) in [5, 5.41) is 9.99. The quantitative estimate of drug-likeness (QED) is 0.625. The predicted molar refractivity (Wildman–Crippen MR) is 119 cm³/mol. The van der Waals surface area contributed by atoms with Crippen LogP contribution in [0.2, 0.25) is 0 Å². The number of carbonyl (C=O) groups is 2. The highest BCUT2D eigenvalue weighted by Crippen LogP contribution is 2.32. The first-order valence-electron chi connectivity index (χ1n) is 10.7. The fraction of sp³-hybridized carbons (Fsp3) is 0.360. The summed E-state index contributed by atoms with van der Waals surface area (Å²) in [6.45, 7) is 2.05. The molecule has 3 N–H and O–H groups in total. The number of aromatic nitrogens is 1. The van der Waals surface area contributed by atoms with Gasteiger partial charge in [-0.15, -0.1) is 0 Å². The molecule has 6 heteroatoms. The van der Waals surface area contributed by atoms with Gasteiger partial charge in [0.1, 0.15) is 5.75 Å². The van der Waals surface area contributed by atoms with Crippen LogP contribution in [0.4, 0.5) is 0 Å². The minimum absolute atomic E-state index is 0.00990. The highest BCUT2D eigenvalue weighted by Gasteiger charge is 2.27. The normalized spacial score (nSPS) is 18.8. The van der Waals surface area contributed by atoms with Crippen molar-refractivity contribution in [2.24, 2.45) is 18.7 Å². The number of amides is 1. The summed E-state index contributed by atoms with van der Waals surface area (Å²) >= 11 is 0. The molecule has 1 amide bonds. The number of nitrogens with zero attached hydrogens (tertiary/aromatic N) is 1. The molecular formula is C25H28N2O4. The van der Waals surface area contributed by atoms with E-state index < -0.39 is 11.9 Å². The number of aryl methyl sites for hydroxylation is 2. The number of nitrogens with two attached hydrogens (primary N) is 1. The van der Waals surface area contributed by atoms with Gasteiger partial charge in [-0.2, -0.15) is 0 Å². The number of carboxylic acid groups (broad SMARTS) is 1. The molecule has 1 aliphatic carbocycles. The number of carboxylic acids is 1. The van der Waals surface area contributed by atoms with Crippen LogP contribution >= 0.6 is 0 Å². The summed E-state index contributed by atoms with van der Waals surface area (Å²) in [7, 11) is 1.95. The third-order valence-corrected chi connectivity index (χ3v) is 6.32. The van der Waals surface area contributed by atoms with Crippen molar-refractivity contribution in [3.05, 3.63) is 64.8 Å². The molecule has 1 fully saturated rings. The molecule has 31 heavy (non-hydrogen) atoms. The average Bonchev–Trinajstić information content (AvgIpc) is 3.00. The molecule has 0 spiro atoms. The number of primary amides is 1. The first kappa shape index (κ1) is 21.0. The highest BCUT2D eigenvalue weighted by atomic mass is 16.5. The summed E-state index contributed by atoms with van der Waals surface area (Å²) in [5.41, 5.74) is 10.4. The minimum Gasteiger partial charge on any atom is -0.490 e. The van der Waals surface area contributed by atoms with Crippen LogP contribution in [-0.4, -0.2) is 27.7 Å². The van der Waals surface area contributed by atoms with E-state index >= 15 is 0 Å².